The average Bonchev–Trinajstić information content (AvgIpc) is 2.29. The van der Waals surface area contributed by atoms with Gasteiger partial charge in [0.2, 0.25) is 5.60 Å². The highest BCUT2D eigenvalue weighted by Gasteiger charge is 2.31. The largest absolute Gasteiger partial charge is 0.478 e. The molecule has 0 spiro atoms. The normalized spacial score (nSPS) is 10.3. The highest BCUT2D eigenvalue weighted by molar-refractivity contribution is 5.81. The molecular formula is C13H25NO6. The monoisotopic (exact) mass is 291 g/mol. The van der Waals surface area contributed by atoms with Crippen molar-refractivity contribution in [2.75, 3.05) is 26.7 Å². The Hall–Kier alpha value is -1.63. The number of hydrogen-bond donors (Lipinski definition) is 1. The SMILES string of the molecule is CC.CC(=O)OCCN(C)CC(=O)OC(C)(C)C(=O)O. The van der Waals surface area contributed by atoms with Crippen molar-refractivity contribution in [3.05, 3.63) is 0 Å². The van der Waals surface area contributed by atoms with Crippen molar-refractivity contribution < 1.29 is 29.0 Å². The summed E-state index contributed by atoms with van der Waals surface area (Å²) in [5.41, 5.74) is -1.55. The summed E-state index contributed by atoms with van der Waals surface area (Å²) >= 11 is 0. The molecule has 0 fully saturated rings. The number of ether oxygens (including phenoxy) is 2. The van der Waals surface area contributed by atoms with Crippen molar-refractivity contribution in [3.8, 4) is 0 Å². The summed E-state index contributed by atoms with van der Waals surface area (Å²) in [5, 5.41) is 8.78. The van der Waals surface area contributed by atoms with Crippen molar-refractivity contribution in [1.82, 2.24) is 4.90 Å². The van der Waals surface area contributed by atoms with Gasteiger partial charge in [-0.3, -0.25) is 14.5 Å². The number of carbonyl (C=O) groups is 3. The predicted molar refractivity (Wildman–Crippen MR) is 73.3 cm³/mol. The van der Waals surface area contributed by atoms with E-state index in [0.717, 1.165) is 0 Å². The first-order chi connectivity index (χ1) is 9.15. The molecule has 0 unspecified atom stereocenters. The van der Waals surface area contributed by atoms with E-state index in [-0.39, 0.29) is 13.2 Å². The number of rotatable bonds is 7. The van der Waals surface area contributed by atoms with E-state index in [0.29, 0.717) is 6.54 Å². The molecule has 0 bridgehead atoms. The molecule has 0 saturated carbocycles. The third-order valence-corrected chi connectivity index (χ3v) is 2.06. The maximum absolute atomic E-state index is 11.4. The fraction of sp³-hybridized carbons (Fsp3) is 0.769. The molecule has 20 heavy (non-hydrogen) atoms. The second-order valence-electron chi connectivity index (χ2n) is 4.37. The molecule has 0 atom stereocenters. The minimum atomic E-state index is -1.55. The van der Waals surface area contributed by atoms with Gasteiger partial charge in [-0.1, -0.05) is 13.8 Å². The van der Waals surface area contributed by atoms with E-state index >= 15 is 0 Å². The van der Waals surface area contributed by atoms with Crippen LogP contribution in [0.25, 0.3) is 0 Å². The van der Waals surface area contributed by atoms with E-state index in [4.69, 9.17) is 14.6 Å². The van der Waals surface area contributed by atoms with Crippen molar-refractivity contribution in [2.45, 2.75) is 40.2 Å². The van der Waals surface area contributed by atoms with E-state index in [2.05, 4.69) is 0 Å². The van der Waals surface area contributed by atoms with E-state index in [1.165, 1.54) is 20.8 Å². The molecular weight excluding hydrogens is 266 g/mol. The first kappa shape index (κ1) is 20.7. The molecule has 118 valence electrons. The average molecular weight is 291 g/mol. The molecule has 0 aromatic rings. The van der Waals surface area contributed by atoms with Crippen LogP contribution in [0.5, 0.6) is 0 Å². The van der Waals surface area contributed by atoms with Gasteiger partial charge in [-0.15, -0.1) is 0 Å². The summed E-state index contributed by atoms with van der Waals surface area (Å²) in [6.07, 6.45) is 0. The molecule has 0 heterocycles. The van der Waals surface area contributed by atoms with Crippen LogP contribution >= 0.6 is 0 Å². The summed E-state index contributed by atoms with van der Waals surface area (Å²) in [5.74, 6) is -2.25. The quantitative estimate of drug-likeness (QED) is 0.697. The van der Waals surface area contributed by atoms with E-state index in [1.807, 2.05) is 13.8 Å². The number of aliphatic carboxylic acids is 1. The highest BCUT2D eigenvalue weighted by atomic mass is 16.6. The topological polar surface area (TPSA) is 93.1 Å². The minimum absolute atomic E-state index is 0.0715. The van der Waals surface area contributed by atoms with Crippen LogP contribution in [0, 0.1) is 0 Å². The number of esters is 2. The number of likely N-dealkylation sites (N-methyl/N-ethyl adjacent to an activating group) is 1. The number of carboxylic acids is 1. The lowest BCUT2D eigenvalue weighted by molar-refractivity contribution is -0.175. The maximum atomic E-state index is 11.4. The molecule has 0 aromatic heterocycles. The molecule has 7 heteroatoms. The van der Waals surface area contributed by atoms with Gasteiger partial charge < -0.3 is 14.6 Å². The second-order valence-corrected chi connectivity index (χ2v) is 4.37. The Morgan fingerprint density at radius 2 is 1.70 bits per heavy atom. The Morgan fingerprint density at radius 3 is 2.10 bits per heavy atom. The van der Waals surface area contributed by atoms with Crippen LogP contribution in [0.15, 0.2) is 0 Å². The zero-order valence-electron chi connectivity index (χ0n) is 13.1. The summed E-state index contributed by atoms with van der Waals surface area (Å²) in [6, 6.07) is 0. The van der Waals surface area contributed by atoms with Crippen molar-refractivity contribution >= 4 is 17.9 Å². The summed E-state index contributed by atoms with van der Waals surface area (Å²) in [7, 11) is 1.64. The van der Waals surface area contributed by atoms with Gasteiger partial charge in [0.25, 0.3) is 0 Å². The van der Waals surface area contributed by atoms with Crippen LogP contribution < -0.4 is 0 Å². The molecule has 0 aromatic carbocycles. The van der Waals surface area contributed by atoms with E-state index < -0.39 is 23.5 Å². The summed E-state index contributed by atoms with van der Waals surface area (Å²) < 4.78 is 9.52. The first-order valence-corrected chi connectivity index (χ1v) is 6.42. The molecule has 0 aliphatic heterocycles. The van der Waals surface area contributed by atoms with Crippen LogP contribution in [-0.2, 0) is 23.9 Å². The number of carboxylic acid groups (broad SMARTS) is 1. The molecule has 0 aliphatic carbocycles. The number of carbonyl (C=O) groups excluding carboxylic acids is 2. The zero-order valence-corrected chi connectivity index (χ0v) is 13.1. The molecule has 0 aliphatic rings. The Morgan fingerprint density at radius 1 is 1.20 bits per heavy atom. The maximum Gasteiger partial charge on any atom is 0.347 e. The fourth-order valence-electron chi connectivity index (χ4n) is 1.01. The fourth-order valence-corrected chi connectivity index (χ4v) is 1.01. The lowest BCUT2D eigenvalue weighted by Crippen LogP contribution is -2.40. The van der Waals surface area contributed by atoms with Crippen LogP contribution in [-0.4, -0.2) is 60.3 Å². The predicted octanol–water partition coefficient (Wildman–Crippen LogP) is 0.914. The Kier molecular flexibility index (Phi) is 10.5. The van der Waals surface area contributed by atoms with Gasteiger partial charge in [0.1, 0.15) is 6.61 Å². The van der Waals surface area contributed by atoms with Crippen LogP contribution in [0.3, 0.4) is 0 Å². The highest BCUT2D eigenvalue weighted by Crippen LogP contribution is 2.09. The van der Waals surface area contributed by atoms with Crippen molar-refractivity contribution in [2.24, 2.45) is 0 Å². The van der Waals surface area contributed by atoms with E-state index in [1.54, 1.807) is 11.9 Å². The van der Waals surface area contributed by atoms with Gasteiger partial charge in [0.15, 0.2) is 0 Å². The molecule has 0 saturated heterocycles. The van der Waals surface area contributed by atoms with Gasteiger partial charge in [-0.05, 0) is 20.9 Å². The van der Waals surface area contributed by atoms with E-state index in [9.17, 15) is 14.4 Å². The molecule has 1 N–H and O–H groups in total. The summed E-state index contributed by atoms with van der Waals surface area (Å²) in [6.45, 7) is 8.35. The van der Waals surface area contributed by atoms with Crippen molar-refractivity contribution in [3.63, 3.8) is 0 Å². The van der Waals surface area contributed by atoms with Gasteiger partial charge >= 0.3 is 17.9 Å². The standard InChI is InChI=1S/C11H19NO6.C2H6/c1-8(13)17-6-5-12(4)7-9(14)18-11(2,3)10(15)16;1-2/h5-7H2,1-4H3,(H,15,16);1-2H3. The third kappa shape index (κ3) is 10.3. The first-order valence-electron chi connectivity index (χ1n) is 6.42. The van der Waals surface area contributed by atoms with Gasteiger partial charge in [-0.25, -0.2) is 4.79 Å². The van der Waals surface area contributed by atoms with Gasteiger partial charge in [-0.2, -0.15) is 0 Å². The molecule has 0 radical (unpaired) electrons. The zero-order chi connectivity index (χ0) is 16.3. The lowest BCUT2D eigenvalue weighted by atomic mass is 10.1. The lowest BCUT2D eigenvalue weighted by Gasteiger charge is -2.22. The number of hydrogen-bond acceptors (Lipinski definition) is 6. The third-order valence-electron chi connectivity index (χ3n) is 2.06. The molecule has 0 rings (SSSR count). The van der Waals surface area contributed by atoms with Crippen LogP contribution in [0.1, 0.15) is 34.6 Å². The second kappa shape index (κ2) is 10.2. The Labute approximate surface area is 119 Å². The smallest absolute Gasteiger partial charge is 0.347 e. The van der Waals surface area contributed by atoms with Crippen LogP contribution in [0.2, 0.25) is 0 Å². The van der Waals surface area contributed by atoms with Crippen molar-refractivity contribution in [1.29, 1.82) is 0 Å². The minimum Gasteiger partial charge on any atom is -0.478 e. The number of nitrogens with zero attached hydrogens (tertiary/aromatic N) is 1. The molecule has 0 amide bonds. The summed E-state index contributed by atoms with van der Waals surface area (Å²) in [4.78, 5) is 34.3. The van der Waals surface area contributed by atoms with Gasteiger partial charge in [0, 0.05) is 13.5 Å². The van der Waals surface area contributed by atoms with Gasteiger partial charge in [0.05, 0.1) is 6.54 Å². The van der Waals surface area contributed by atoms with Crippen LogP contribution in [0.4, 0.5) is 0 Å². The Bertz CT molecular complexity index is 327. The Balaban J connectivity index is 0. The molecule has 7 nitrogen and oxygen atoms in total.